The van der Waals surface area contributed by atoms with E-state index in [-0.39, 0.29) is 12.1 Å². The fraction of sp³-hybridized carbons (Fsp3) is 1.00. The van der Waals surface area contributed by atoms with E-state index < -0.39 is 0 Å². The lowest BCUT2D eigenvalue weighted by Gasteiger charge is -2.52. The predicted molar refractivity (Wildman–Crippen MR) is 86.5 cm³/mol. The molecule has 0 aromatic rings. The summed E-state index contributed by atoms with van der Waals surface area (Å²) in [6.45, 7) is 6.48. The molecular formula is C17H33N3O. The fourth-order valence-electron chi connectivity index (χ4n) is 4.95. The Bertz CT molecular complexity index is 345. The van der Waals surface area contributed by atoms with Crippen LogP contribution in [0.2, 0.25) is 0 Å². The van der Waals surface area contributed by atoms with Gasteiger partial charge < -0.3 is 10.4 Å². The Hall–Kier alpha value is -0.160. The Morgan fingerprint density at radius 1 is 1.14 bits per heavy atom. The van der Waals surface area contributed by atoms with Crippen molar-refractivity contribution in [2.45, 2.75) is 75.5 Å². The van der Waals surface area contributed by atoms with E-state index >= 15 is 0 Å². The summed E-state index contributed by atoms with van der Waals surface area (Å²) in [5.74, 6) is 0. The summed E-state index contributed by atoms with van der Waals surface area (Å²) < 4.78 is 0. The van der Waals surface area contributed by atoms with Crippen molar-refractivity contribution in [3.63, 3.8) is 0 Å². The van der Waals surface area contributed by atoms with Gasteiger partial charge in [0.15, 0.2) is 0 Å². The summed E-state index contributed by atoms with van der Waals surface area (Å²) in [5.41, 5.74) is -0.0354. The molecule has 4 atom stereocenters. The molecule has 21 heavy (non-hydrogen) atoms. The van der Waals surface area contributed by atoms with Crippen LogP contribution in [0.4, 0.5) is 0 Å². The first kappa shape index (κ1) is 15.7. The monoisotopic (exact) mass is 295 g/mol. The summed E-state index contributed by atoms with van der Waals surface area (Å²) >= 11 is 0. The minimum absolute atomic E-state index is 0.0354. The third-order valence-electron chi connectivity index (χ3n) is 6.36. The molecule has 0 bridgehead atoms. The van der Waals surface area contributed by atoms with Gasteiger partial charge in [0, 0.05) is 36.8 Å². The number of piperazine rings is 1. The number of hydrogen-bond acceptors (Lipinski definition) is 4. The van der Waals surface area contributed by atoms with Crippen LogP contribution in [-0.4, -0.2) is 71.9 Å². The summed E-state index contributed by atoms with van der Waals surface area (Å²) in [5, 5.41) is 13.2. The molecule has 3 rings (SSSR count). The van der Waals surface area contributed by atoms with Crippen molar-refractivity contribution < 1.29 is 5.11 Å². The number of aliphatic hydroxyl groups excluding tert-OH is 1. The highest BCUT2D eigenvalue weighted by atomic mass is 16.3. The van der Waals surface area contributed by atoms with Crippen LogP contribution in [-0.2, 0) is 0 Å². The van der Waals surface area contributed by atoms with E-state index in [1.165, 1.54) is 51.7 Å². The van der Waals surface area contributed by atoms with Gasteiger partial charge in [-0.15, -0.1) is 0 Å². The normalized spacial score (nSPS) is 42.7. The first-order valence-corrected chi connectivity index (χ1v) is 8.97. The SMILES string of the molecule is CNC1(CO)CCCC(N2CC3CCCCN3CC2C)C1. The topological polar surface area (TPSA) is 38.7 Å². The van der Waals surface area contributed by atoms with Crippen LogP contribution in [0.1, 0.15) is 51.9 Å². The van der Waals surface area contributed by atoms with Crippen LogP contribution in [0.15, 0.2) is 0 Å². The van der Waals surface area contributed by atoms with Crippen LogP contribution in [0.3, 0.4) is 0 Å². The lowest BCUT2D eigenvalue weighted by Crippen LogP contribution is -2.63. The molecule has 2 N–H and O–H groups in total. The van der Waals surface area contributed by atoms with Crippen LogP contribution in [0.5, 0.6) is 0 Å². The minimum Gasteiger partial charge on any atom is -0.394 e. The Balaban J connectivity index is 1.67. The number of likely N-dealkylation sites (N-methyl/N-ethyl adjacent to an activating group) is 1. The summed E-state index contributed by atoms with van der Waals surface area (Å²) in [4.78, 5) is 5.50. The van der Waals surface area contributed by atoms with Gasteiger partial charge in [0.2, 0.25) is 0 Å². The number of piperidine rings is 1. The fourth-order valence-corrected chi connectivity index (χ4v) is 4.95. The van der Waals surface area contributed by atoms with Crippen molar-refractivity contribution in [3.8, 4) is 0 Å². The molecule has 4 nitrogen and oxygen atoms in total. The summed E-state index contributed by atoms with van der Waals surface area (Å²) in [7, 11) is 2.01. The number of nitrogens with zero attached hydrogens (tertiary/aromatic N) is 2. The molecule has 2 heterocycles. The van der Waals surface area contributed by atoms with E-state index in [4.69, 9.17) is 0 Å². The molecule has 0 aromatic carbocycles. The Morgan fingerprint density at radius 3 is 2.71 bits per heavy atom. The number of fused-ring (bicyclic) bond motifs is 1. The maximum absolute atomic E-state index is 9.82. The van der Waals surface area contributed by atoms with Crippen molar-refractivity contribution in [2.75, 3.05) is 33.3 Å². The zero-order valence-electron chi connectivity index (χ0n) is 13.9. The van der Waals surface area contributed by atoms with Gasteiger partial charge in [0.25, 0.3) is 0 Å². The zero-order valence-corrected chi connectivity index (χ0v) is 13.9. The molecular weight excluding hydrogens is 262 g/mol. The molecule has 0 amide bonds. The number of hydrogen-bond donors (Lipinski definition) is 2. The van der Waals surface area contributed by atoms with Crippen molar-refractivity contribution in [1.82, 2.24) is 15.1 Å². The lowest BCUT2D eigenvalue weighted by molar-refractivity contribution is -0.0311. The molecule has 0 radical (unpaired) electrons. The van der Waals surface area contributed by atoms with E-state index in [9.17, 15) is 5.11 Å². The van der Waals surface area contributed by atoms with Crippen molar-refractivity contribution >= 4 is 0 Å². The third kappa shape index (κ3) is 3.14. The first-order chi connectivity index (χ1) is 10.2. The van der Waals surface area contributed by atoms with Gasteiger partial charge in [-0.1, -0.05) is 6.42 Å². The average molecular weight is 295 g/mol. The minimum atomic E-state index is -0.0354. The highest BCUT2D eigenvalue weighted by molar-refractivity contribution is 4.99. The van der Waals surface area contributed by atoms with Crippen LogP contribution in [0, 0.1) is 0 Å². The Morgan fingerprint density at radius 2 is 1.95 bits per heavy atom. The van der Waals surface area contributed by atoms with Gasteiger partial charge in [-0.3, -0.25) is 9.80 Å². The van der Waals surface area contributed by atoms with Crippen LogP contribution < -0.4 is 5.32 Å². The molecule has 4 unspecified atom stereocenters. The Labute approximate surface area is 129 Å². The molecule has 3 fully saturated rings. The molecule has 1 saturated carbocycles. The second-order valence-corrected chi connectivity index (χ2v) is 7.63. The zero-order chi connectivity index (χ0) is 14.9. The molecule has 0 aromatic heterocycles. The van der Waals surface area contributed by atoms with Crippen LogP contribution >= 0.6 is 0 Å². The number of aliphatic hydroxyl groups is 1. The summed E-state index contributed by atoms with van der Waals surface area (Å²) in [6.07, 6.45) is 8.95. The van der Waals surface area contributed by atoms with Gasteiger partial charge in [0.05, 0.1) is 6.61 Å². The van der Waals surface area contributed by atoms with E-state index in [2.05, 4.69) is 22.0 Å². The van der Waals surface area contributed by atoms with Crippen molar-refractivity contribution in [1.29, 1.82) is 0 Å². The quantitative estimate of drug-likeness (QED) is 0.826. The highest BCUT2D eigenvalue weighted by Crippen LogP contribution is 2.34. The van der Waals surface area contributed by atoms with Crippen LogP contribution in [0.25, 0.3) is 0 Å². The largest absolute Gasteiger partial charge is 0.394 e. The molecule has 2 saturated heterocycles. The average Bonchev–Trinajstić information content (AvgIpc) is 2.54. The third-order valence-corrected chi connectivity index (χ3v) is 6.36. The molecule has 1 aliphatic carbocycles. The lowest BCUT2D eigenvalue weighted by atomic mass is 9.78. The van der Waals surface area contributed by atoms with Gasteiger partial charge >= 0.3 is 0 Å². The van der Waals surface area contributed by atoms with Gasteiger partial charge in [-0.05, 0) is 59.0 Å². The summed E-state index contributed by atoms with van der Waals surface area (Å²) in [6, 6.07) is 2.10. The first-order valence-electron chi connectivity index (χ1n) is 8.97. The molecule has 4 heteroatoms. The molecule has 0 spiro atoms. The second kappa shape index (κ2) is 6.53. The van der Waals surface area contributed by atoms with Crippen molar-refractivity contribution in [3.05, 3.63) is 0 Å². The predicted octanol–water partition coefficient (Wildman–Crippen LogP) is 1.44. The van der Waals surface area contributed by atoms with Crippen molar-refractivity contribution in [2.24, 2.45) is 0 Å². The van der Waals surface area contributed by atoms with E-state index in [0.29, 0.717) is 12.1 Å². The maximum atomic E-state index is 9.82. The molecule has 3 aliphatic rings. The van der Waals surface area contributed by atoms with E-state index in [1.54, 1.807) is 0 Å². The smallest absolute Gasteiger partial charge is 0.0613 e. The highest BCUT2D eigenvalue weighted by Gasteiger charge is 2.41. The standard InChI is InChI=1S/C17H33N3O/c1-14-11-19-9-4-3-6-16(19)12-20(14)15-7-5-8-17(10-15,13-21)18-2/h14-16,18,21H,3-13H2,1-2H3. The second-order valence-electron chi connectivity index (χ2n) is 7.63. The Kier molecular flexibility index (Phi) is 4.89. The molecule has 122 valence electrons. The molecule has 2 aliphatic heterocycles. The van der Waals surface area contributed by atoms with Gasteiger partial charge in [-0.25, -0.2) is 0 Å². The number of nitrogens with one attached hydrogen (secondary N) is 1. The number of rotatable bonds is 3. The van der Waals surface area contributed by atoms with E-state index in [0.717, 1.165) is 18.9 Å². The van der Waals surface area contributed by atoms with E-state index in [1.807, 2.05) is 7.05 Å². The van der Waals surface area contributed by atoms with Gasteiger partial charge in [-0.2, -0.15) is 0 Å². The van der Waals surface area contributed by atoms with Gasteiger partial charge in [0.1, 0.15) is 0 Å². The maximum Gasteiger partial charge on any atom is 0.0613 e.